The van der Waals surface area contributed by atoms with Crippen LogP contribution < -0.4 is 0 Å². The summed E-state index contributed by atoms with van der Waals surface area (Å²) in [6, 6.07) is 4.24. The maximum atomic E-state index is 12.5. The average molecular weight is 398 g/mol. The summed E-state index contributed by atoms with van der Waals surface area (Å²) in [5, 5.41) is 3.92. The highest BCUT2D eigenvalue weighted by atomic mass is 79.9. The summed E-state index contributed by atoms with van der Waals surface area (Å²) >= 11 is 5.27. The molecule has 5 nitrogen and oxygen atoms in total. The van der Waals surface area contributed by atoms with Crippen LogP contribution in [0.2, 0.25) is 0 Å². The highest BCUT2D eigenvalue weighted by Crippen LogP contribution is 2.23. The third-order valence-electron chi connectivity index (χ3n) is 4.24. The lowest BCUT2D eigenvalue weighted by Crippen LogP contribution is -2.48. The summed E-state index contributed by atoms with van der Waals surface area (Å²) in [6.07, 6.45) is 0.388. The molecule has 2 aromatic heterocycles. The number of amides is 1. The molecule has 0 bridgehead atoms. The zero-order chi connectivity index (χ0) is 16.4. The van der Waals surface area contributed by atoms with Gasteiger partial charge in [-0.15, -0.1) is 11.3 Å². The number of halogens is 1. The van der Waals surface area contributed by atoms with Crippen molar-refractivity contribution in [1.82, 2.24) is 15.0 Å². The Balaban J connectivity index is 1.51. The highest BCUT2D eigenvalue weighted by molar-refractivity contribution is 9.11. The molecule has 0 radical (unpaired) electrons. The van der Waals surface area contributed by atoms with E-state index >= 15 is 0 Å². The summed E-state index contributed by atoms with van der Waals surface area (Å²) in [6.45, 7) is 8.12. The minimum Gasteiger partial charge on any atom is -0.361 e. The van der Waals surface area contributed by atoms with Crippen LogP contribution in [0.5, 0.6) is 0 Å². The lowest BCUT2D eigenvalue weighted by atomic mass is 10.1. The van der Waals surface area contributed by atoms with Crippen LogP contribution in [0.3, 0.4) is 0 Å². The Kier molecular flexibility index (Phi) is 5.18. The molecule has 0 saturated carbocycles. The second kappa shape index (κ2) is 7.15. The second-order valence-corrected chi connectivity index (χ2v) is 8.39. The van der Waals surface area contributed by atoms with E-state index in [-0.39, 0.29) is 5.91 Å². The first-order chi connectivity index (χ1) is 11.0. The minimum atomic E-state index is 0.165. The highest BCUT2D eigenvalue weighted by Gasteiger charge is 2.23. The van der Waals surface area contributed by atoms with E-state index in [1.54, 1.807) is 11.3 Å². The molecule has 2 aromatic rings. The zero-order valence-electron chi connectivity index (χ0n) is 13.3. The molecule has 0 N–H and O–H groups in total. The fourth-order valence-corrected chi connectivity index (χ4v) is 4.36. The molecule has 0 aliphatic carbocycles. The number of hydrogen-bond donors (Lipinski definition) is 0. The van der Waals surface area contributed by atoms with Crippen molar-refractivity contribution in [3.8, 4) is 0 Å². The average Bonchev–Trinajstić information content (AvgIpc) is 3.08. The Morgan fingerprint density at radius 3 is 2.61 bits per heavy atom. The Labute approximate surface area is 148 Å². The summed E-state index contributed by atoms with van der Waals surface area (Å²) < 4.78 is 6.30. The Bertz CT molecular complexity index is 670. The van der Waals surface area contributed by atoms with Crippen molar-refractivity contribution in [2.75, 3.05) is 26.2 Å². The van der Waals surface area contributed by atoms with Crippen LogP contribution in [0.15, 0.2) is 20.4 Å². The van der Waals surface area contributed by atoms with E-state index in [1.807, 2.05) is 18.7 Å². The van der Waals surface area contributed by atoms with E-state index in [0.29, 0.717) is 6.42 Å². The normalized spacial score (nSPS) is 16.0. The summed E-state index contributed by atoms with van der Waals surface area (Å²) in [4.78, 5) is 18.2. The molecule has 7 heteroatoms. The van der Waals surface area contributed by atoms with Gasteiger partial charge in [0.2, 0.25) is 5.91 Å². The van der Waals surface area contributed by atoms with E-state index in [9.17, 15) is 4.79 Å². The molecule has 0 unspecified atom stereocenters. The molecular formula is C16H20BrN3O2S. The number of carbonyl (C=O) groups excluding carboxylic acids is 1. The number of hydrogen-bond acceptors (Lipinski definition) is 5. The Hall–Kier alpha value is -1.18. The van der Waals surface area contributed by atoms with Crippen LogP contribution in [0, 0.1) is 13.8 Å². The fraction of sp³-hybridized carbons (Fsp3) is 0.500. The molecular weight excluding hydrogens is 378 g/mol. The predicted molar refractivity (Wildman–Crippen MR) is 93.6 cm³/mol. The summed E-state index contributed by atoms with van der Waals surface area (Å²) in [5.41, 5.74) is 1.75. The third-order valence-corrected chi connectivity index (χ3v) is 5.85. The first-order valence-corrected chi connectivity index (χ1v) is 9.30. The number of rotatable bonds is 4. The van der Waals surface area contributed by atoms with E-state index in [4.69, 9.17) is 4.52 Å². The molecule has 1 aliphatic heterocycles. The maximum absolute atomic E-state index is 12.5. The minimum absolute atomic E-state index is 0.165. The quantitative estimate of drug-likeness (QED) is 0.795. The topological polar surface area (TPSA) is 49.6 Å². The predicted octanol–water partition coefficient (Wildman–Crippen LogP) is 3.00. The number of aryl methyl sites for hydroxylation is 2. The van der Waals surface area contributed by atoms with Gasteiger partial charge in [-0.2, -0.15) is 0 Å². The maximum Gasteiger partial charge on any atom is 0.227 e. The molecule has 0 atom stereocenters. The van der Waals surface area contributed by atoms with Gasteiger partial charge >= 0.3 is 0 Å². The third kappa shape index (κ3) is 4.02. The van der Waals surface area contributed by atoms with Crippen LogP contribution in [-0.2, 0) is 17.8 Å². The van der Waals surface area contributed by atoms with Crippen molar-refractivity contribution >= 4 is 33.2 Å². The van der Waals surface area contributed by atoms with Gasteiger partial charge in [-0.3, -0.25) is 9.69 Å². The van der Waals surface area contributed by atoms with Crippen LogP contribution in [0.25, 0.3) is 0 Å². The standard InChI is InChI=1S/C16H20BrN3O2S/c1-11-14(12(2)22-18-11)9-16(21)20-7-5-19(6-8-20)10-13-3-4-15(17)23-13/h3-4H,5-10H2,1-2H3. The second-order valence-electron chi connectivity index (χ2n) is 5.84. The van der Waals surface area contributed by atoms with Gasteiger partial charge in [0, 0.05) is 43.2 Å². The van der Waals surface area contributed by atoms with Crippen LogP contribution in [-0.4, -0.2) is 47.0 Å². The van der Waals surface area contributed by atoms with Crippen molar-refractivity contribution < 1.29 is 9.32 Å². The number of piperazine rings is 1. The van der Waals surface area contributed by atoms with Crippen molar-refractivity contribution in [1.29, 1.82) is 0 Å². The first kappa shape index (κ1) is 16.7. The van der Waals surface area contributed by atoms with Gasteiger partial charge in [-0.25, -0.2) is 0 Å². The van der Waals surface area contributed by atoms with Crippen molar-refractivity contribution in [3.05, 3.63) is 37.8 Å². The van der Waals surface area contributed by atoms with E-state index in [1.165, 1.54) is 8.66 Å². The SMILES string of the molecule is Cc1noc(C)c1CC(=O)N1CCN(Cc2ccc(Br)s2)CC1. The number of thiophene rings is 1. The van der Waals surface area contributed by atoms with Crippen LogP contribution in [0.4, 0.5) is 0 Å². The molecule has 1 amide bonds. The molecule has 3 heterocycles. The van der Waals surface area contributed by atoms with Crippen molar-refractivity contribution in [2.24, 2.45) is 0 Å². The lowest BCUT2D eigenvalue weighted by molar-refractivity contribution is -0.132. The molecule has 1 aliphatic rings. The van der Waals surface area contributed by atoms with E-state index < -0.39 is 0 Å². The zero-order valence-corrected chi connectivity index (χ0v) is 15.7. The van der Waals surface area contributed by atoms with Gasteiger partial charge in [0.15, 0.2) is 0 Å². The molecule has 1 fully saturated rings. The van der Waals surface area contributed by atoms with Crippen LogP contribution in [0.1, 0.15) is 21.9 Å². The molecule has 3 rings (SSSR count). The summed E-state index contributed by atoms with van der Waals surface area (Å²) in [5.74, 6) is 0.913. The van der Waals surface area contributed by atoms with Gasteiger partial charge in [-0.1, -0.05) is 5.16 Å². The van der Waals surface area contributed by atoms with Crippen LogP contribution >= 0.6 is 27.3 Å². The smallest absolute Gasteiger partial charge is 0.227 e. The van der Waals surface area contributed by atoms with E-state index in [0.717, 1.165) is 49.7 Å². The Morgan fingerprint density at radius 1 is 1.30 bits per heavy atom. The monoisotopic (exact) mass is 397 g/mol. The lowest BCUT2D eigenvalue weighted by Gasteiger charge is -2.34. The molecule has 0 spiro atoms. The fourth-order valence-electron chi connectivity index (χ4n) is 2.83. The summed E-state index contributed by atoms with van der Waals surface area (Å²) in [7, 11) is 0. The van der Waals surface area contributed by atoms with Crippen molar-refractivity contribution in [3.63, 3.8) is 0 Å². The number of aromatic nitrogens is 1. The van der Waals surface area contributed by atoms with Gasteiger partial charge in [0.1, 0.15) is 5.76 Å². The van der Waals surface area contributed by atoms with Gasteiger partial charge in [-0.05, 0) is 41.9 Å². The number of nitrogens with zero attached hydrogens (tertiary/aromatic N) is 3. The first-order valence-electron chi connectivity index (χ1n) is 7.69. The number of carbonyl (C=O) groups is 1. The van der Waals surface area contributed by atoms with Gasteiger partial charge in [0.05, 0.1) is 15.9 Å². The van der Waals surface area contributed by atoms with Crippen molar-refractivity contribution in [2.45, 2.75) is 26.8 Å². The van der Waals surface area contributed by atoms with Gasteiger partial charge < -0.3 is 9.42 Å². The molecule has 0 aromatic carbocycles. The molecule has 124 valence electrons. The Morgan fingerprint density at radius 2 is 2.04 bits per heavy atom. The molecule has 23 heavy (non-hydrogen) atoms. The van der Waals surface area contributed by atoms with Gasteiger partial charge in [0.25, 0.3) is 0 Å². The van der Waals surface area contributed by atoms with E-state index in [2.05, 4.69) is 38.1 Å². The largest absolute Gasteiger partial charge is 0.361 e. The molecule has 1 saturated heterocycles.